The number of amides is 2. The number of aromatic nitrogens is 4. The number of carbonyl (C=O) groups is 2. The molecule has 1 fully saturated rings. The number of nitrogens with zero attached hydrogens (tertiary/aromatic N) is 5. The normalized spacial score (nSPS) is 14.0. The van der Waals surface area contributed by atoms with Crippen LogP contribution in [0.3, 0.4) is 0 Å². The Hall–Kier alpha value is -2.77. The standard InChI is InChI=1S/C15H18N6O2/c22-14(20-8-1-2-9-20)6-7-16-15(23)12-4-3-5-13(10-12)21-11-17-18-19-21/h3-5,10-11H,1-2,6-9H2,(H,16,23). The zero-order valence-corrected chi connectivity index (χ0v) is 12.7. The van der Waals surface area contributed by atoms with E-state index < -0.39 is 0 Å². The highest BCUT2D eigenvalue weighted by Crippen LogP contribution is 2.10. The molecule has 0 radical (unpaired) electrons. The Balaban J connectivity index is 1.54. The quantitative estimate of drug-likeness (QED) is 0.862. The van der Waals surface area contributed by atoms with Crippen LogP contribution >= 0.6 is 0 Å². The molecule has 0 spiro atoms. The molecule has 1 N–H and O–H groups in total. The van der Waals surface area contributed by atoms with Crippen LogP contribution in [0.2, 0.25) is 0 Å². The van der Waals surface area contributed by atoms with Crippen LogP contribution < -0.4 is 5.32 Å². The minimum atomic E-state index is -0.214. The van der Waals surface area contributed by atoms with E-state index >= 15 is 0 Å². The van der Waals surface area contributed by atoms with E-state index in [0.29, 0.717) is 24.2 Å². The fourth-order valence-corrected chi connectivity index (χ4v) is 2.58. The van der Waals surface area contributed by atoms with Gasteiger partial charge in [0.15, 0.2) is 0 Å². The Bertz CT molecular complexity index is 679. The van der Waals surface area contributed by atoms with Crippen LogP contribution in [0.4, 0.5) is 0 Å². The third-order valence-corrected chi connectivity index (χ3v) is 3.81. The summed E-state index contributed by atoms with van der Waals surface area (Å²) in [7, 11) is 0. The van der Waals surface area contributed by atoms with Crippen molar-refractivity contribution in [1.82, 2.24) is 30.4 Å². The summed E-state index contributed by atoms with van der Waals surface area (Å²) in [5.41, 5.74) is 1.21. The minimum Gasteiger partial charge on any atom is -0.352 e. The first-order valence-corrected chi connectivity index (χ1v) is 7.63. The summed E-state index contributed by atoms with van der Waals surface area (Å²) in [5.74, 6) is -0.112. The molecular formula is C15H18N6O2. The third-order valence-electron chi connectivity index (χ3n) is 3.81. The molecule has 1 saturated heterocycles. The van der Waals surface area contributed by atoms with Gasteiger partial charge in [0, 0.05) is 31.6 Å². The van der Waals surface area contributed by atoms with E-state index in [9.17, 15) is 9.59 Å². The summed E-state index contributed by atoms with van der Waals surface area (Å²) in [6, 6.07) is 6.99. The molecule has 23 heavy (non-hydrogen) atoms. The highest BCUT2D eigenvalue weighted by Gasteiger charge is 2.17. The van der Waals surface area contributed by atoms with Crippen LogP contribution in [0.1, 0.15) is 29.6 Å². The molecule has 1 aliphatic rings. The van der Waals surface area contributed by atoms with Crippen molar-refractivity contribution in [1.29, 1.82) is 0 Å². The van der Waals surface area contributed by atoms with E-state index in [1.165, 1.54) is 11.0 Å². The van der Waals surface area contributed by atoms with Gasteiger partial charge in [0.2, 0.25) is 5.91 Å². The summed E-state index contributed by atoms with van der Waals surface area (Å²) < 4.78 is 1.48. The highest BCUT2D eigenvalue weighted by atomic mass is 16.2. The zero-order chi connectivity index (χ0) is 16.1. The van der Waals surface area contributed by atoms with Gasteiger partial charge in [0.1, 0.15) is 6.33 Å². The van der Waals surface area contributed by atoms with Gasteiger partial charge < -0.3 is 10.2 Å². The lowest BCUT2D eigenvalue weighted by atomic mass is 10.2. The first-order chi connectivity index (χ1) is 11.2. The summed E-state index contributed by atoms with van der Waals surface area (Å²) in [5, 5.41) is 13.7. The van der Waals surface area contributed by atoms with Crippen molar-refractivity contribution >= 4 is 11.8 Å². The zero-order valence-electron chi connectivity index (χ0n) is 12.7. The summed E-state index contributed by atoms with van der Waals surface area (Å²) >= 11 is 0. The number of rotatable bonds is 5. The van der Waals surface area contributed by atoms with Gasteiger partial charge in [0.05, 0.1) is 5.69 Å². The summed E-state index contributed by atoms with van der Waals surface area (Å²) in [6.07, 6.45) is 3.94. The molecule has 2 aromatic rings. The fraction of sp³-hybridized carbons (Fsp3) is 0.400. The molecule has 0 atom stereocenters. The lowest BCUT2D eigenvalue weighted by Crippen LogP contribution is -2.32. The molecule has 3 rings (SSSR count). The number of tetrazole rings is 1. The van der Waals surface area contributed by atoms with E-state index in [1.54, 1.807) is 18.2 Å². The molecular weight excluding hydrogens is 296 g/mol. The largest absolute Gasteiger partial charge is 0.352 e. The molecule has 8 nitrogen and oxygen atoms in total. The average Bonchev–Trinajstić information content (AvgIpc) is 3.28. The van der Waals surface area contributed by atoms with Crippen LogP contribution in [0.15, 0.2) is 30.6 Å². The molecule has 1 aromatic heterocycles. The van der Waals surface area contributed by atoms with E-state index in [1.807, 2.05) is 11.0 Å². The van der Waals surface area contributed by atoms with Crippen molar-refractivity contribution in [2.24, 2.45) is 0 Å². The van der Waals surface area contributed by atoms with Gasteiger partial charge in [-0.25, -0.2) is 4.68 Å². The maximum absolute atomic E-state index is 12.2. The molecule has 0 saturated carbocycles. The monoisotopic (exact) mass is 314 g/mol. The van der Waals surface area contributed by atoms with Gasteiger partial charge in [-0.15, -0.1) is 5.10 Å². The van der Waals surface area contributed by atoms with Gasteiger partial charge >= 0.3 is 0 Å². The molecule has 0 aliphatic carbocycles. The number of nitrogens with one attached hydrogen (secondary N) is 1. The van der Waals surface area contributed by atoms with Gasteiger partial charge in [-0.05, 0) is 41.5 Å². The average molecular weight is 314 g/mol. The van der Waals surface area contributed by atoms with Gasteiger partial charge in [-0.1, -0.05) is 6.07 Å². The molecule has 1 aliphatic heterocycles. The molecule has 2 heterocycles. The fourth-order valence-electron chi connectivity index (χ4n) is 2.58. The molecule has 120 valence electrons. The smallest absolute Gasteiger partial charge is 0.251 e. The van der Waals surface area contributed by atoms with E-state index in [-0.39, 0.29) is 11.8 Å². The third kappa shape index (κ3) is 3.71. The second-order valence-electron chi connectivity index (χ2n) is 5.40. The van der Waals surface area contributed by atoms with Crippen molar-refractivity contribution in [2.45, 2.75) is 19.3 Å². The van der Waals surface area contributed by atoms with Gasteiger partial charge in [-0.3, -0.25) is 9.59 Å². The van der Waals surface area contributed by atoms with Crippen LogP contribution in [0.25, 0.3) is 5.69 Å². The topological polar surface area (TPSA) is 93.0 Å². The number of hydrogen-bond acceptors (Lipinski definition) is 5. The van der Waals surface area contributed by atoms with Crippen LogP contribution in [-0.2, 0) is 4.79 Å². The second-order valence-corrected chi connectivity index (χ2v) is 5.40. The van der Waals surface area contributed by atoms with Gasteiger partial charge in [0.25, 0.3) is 5.91 Å². The van der Waals surface area contributed by atoms with Crippen molar-refractivity contribution < 1.29 is 9.59 Å². The van der Waals surface area contributed by atoms with E-state index in [2.05, 4.69) is 20.8 Å². The molecule has 8 heteroatoms. The number of likely N-dealkylation sites (tertiary alicyclic amines) is 1. The Kier molecular flexibility index (Phi) is 4.60. The highest BCUT2D eigenvalue weighted by molar-refractivity contribution is 5.94. The number of hydrogen-bond donors (Lipinski definition) is 1. The maximum Gasteiger partial charge on any atom is 0.251 e. The van der Waals surface area contributed by atoms with E-state index in [0.717, 1.165) is 25.9 Å². The SMILES string of the molecule is O=C(NCCC(=O)N1CCCC1)c1cccc(-n2cnnn2)c1. The van der Waals surface area contributed by atoms with Crippen LogP contribution in [0.5, 0.6) is 0 Å². The summed E-state index contributed by atoms with van der Waals surface area (Å²) in [4.78, 5) is 25.9. The summed E-state index contributed by atoms with van der Waals surface area (Å²) in [6.45, 7) is 2.00. The predicted molar refractivity (Wildman–Crippen MR) is 81.9 cm³/mol. The Morgan fingerprint density at radius 1 is 1.22 bits per heavy atom. The number of carbonyl (C=O) groups excluding carboxylic acids is 2. The maximum atomic E-state index is 12.2. The predicted octanol–water partition coefficient (Wildman–Crippen LogP) is 0.405. The lowest BCUT2D eigenvalue weighted by molar-refractivity contribution is -0.129. The Morgan fingerprint density at radius 2 is 2.04 bits per heavy atom. The second kappa shape index (κ2) is 6.99. The van der Waals surface area contributed by atoms with E-state index in [4.69, 9.17) is 0 Å². The molecule has 2 amide bonds. The van der Waals surface area contributed by atoms with Crippen LogP contribution in [-0.4, -0.2) is 56.6 Å². The van der Waals surface area contributed by atoms with Crippen LogP contribution in [0, 0.1) is 0 Å². The lowest BCUT2D eigenvalue weighted by Gasteiger charge is -2.15. The Labute approximate surface area is 133 Å². The molecule has 0 bridgehead atoms. The van der Waals surface area contributed by atoms with Crippen molar-refractivity contribution in [3.05, 3.63) is 36.2 Å². The van der Waals surface area contributed by atoms with Gasteiger partial charge in [-0.2, -0.15) is 0 Å². The number of benzene rings is 1. The first-order valence-electron chi connectivity index (χ1n) is 7.63. The molecule has 0 unspecified atom stereocenters. The molecule has 1 aromatic carbocycles. The first kappa shape index (κ1) is 15.1. The minimum absolute atomic E-state index is 0.102. The Morgan fingerprint density at radius 3 is 2.78 bits per heavy atom. The van der Waals surface area contributed by atoms with Crippen molar-refractivity contribution in [3.8, 4) is 5.69 Å². The van der Waals surface area contributed by atoms with Crippen molar-refractivity contribution in [3.63, 3.8) is 0 Å². The van der Waals surface area contributed by atoms with Crippen molar-refractivity contribution in [2.75, 3.05) is 19.6 Å².